The van der Waals surface area contributed by atoms with E-state index < -0.39 is 5.91 Å². The van der Waals surface area contributed by atoms with Crippen LogP contribution in [0.4, 0.5) is 0 Å². The fourth-order valence-corrected chi connectivity index (χ4v) is 2.52. The first kappa shape index (κ1) is 18.5. The van der Waals surface area contributed by atoms with E-state index in [1.54, 1.807) is 0 Å². The number of hydrogen-bond donors (Lipinski definition) is 2. The molecule has 2 aromatic carbocycles. The normalized spacial score (nSPS) is 10.4. The highest BCUT2D eigenvalue weighted by Crippen LogP contribution is 2.29. The average Bonchev–Trinajstić information content (AvgIpc) is 2.66. The zero-order valence-corrected chi connectivity index (χ0v) is 14.6. The van der Waals surface area contributed by atoms with E-state index in [0.29, 0.717) is 5.75 Å². The van der Waals surface area contributed by atoms with Crippen molar-refractivity contribution >= 4 is 11.8 Å². The third-order valence-corrected chi connectivity index (χ3v) is 4.01. The molecule has 25 heavy (non-hydrogen) atoms. The molecule has 0 aliphatic rings. The minimum atomic E-state index is -0.401. The molecule has 0 saturated carbocycles. The first-order chi connectivity index (χ1) is 12.2. The van der Waals surface area contributed by atoms with Crippen molar-refractivity contribution in [2.45, 2.75) is 26.7 Å². The lowest BCUT2D eigenvalue weighted by Crippen LogP contribution is -2.46. The smallest absolute Gasteiger partial charge is 0.276 e. The van der Waals surface area contributed by atoms with Crippen LogP contribution >= 0.6 is 0 Å². The zero-order valence-electron chi connectivity index (χ0n) is 14.6. The Kier molecular flexibility index (Phi) is 7.01. The van der Waals surface area contributed by atoms with Crippen molar-refractivity contribution in [3.63, 3.8) is 0 Å². The Balaban J connectivity index is 1.92. The topological polar surface area (TPSA) is 67.4 Å². The highest BCUT2D eigenvalue weighted by Gasteiger charge is 2.15. The molecule has 2 N–H and O–H groups in total. The lowest BCUT2D eigenvalue weighted by molar-refractivity contribution is -0.132. The Hall–Kier alpha value is -2.82. The van der Waals surface area contributed by atoms with Crippen LogP contribution in [0.3, 0.4) is 0 Å². The van der Waals surface area contributed by atoms with E-state index in [-0.39, 0.29) is 18.4 Å². The second-order valence-electron chi connectivity index (χ2n) is 5.70. The van der Waals surface area contributed by atoms with Gasteiger partial charge in [0.05, 0.1) is 0 Å². The van der Waals surface area contributed by atoms with Gasteiger partial charge in [-0.2, -0.15) is 0 Å². The zero-order chi connectivity index (χ0) is 18.1. The second kappa shape index (κ2) is 9.47. The van der Waals surface area contributed by atoms with Crippen LogP contribution in [0.5, 0.6) is 5.75 Å². The molecule has 0 saturated heterocycles. The lowest BCUT2D eigenvalue weighted by atomic mass is 10.0. The van der Waals surface area contributed by atoms with E-state index in [1.807, 2.05) is 68.4 Å². The van der Waals surface area contributed by atoms with Crippen LogP contribution in [0, 0.1) is 5.92 Å². The van der Waals surface area contributed by atoms with Crippen LogP contribution in [0.25, 0.3) is 11.1 Å². The van der Waals surface area contributed by atoms with Gasteiger partial charge in [0.1, 0.15) is 5.75 Å². The van der Waals surface area contributed by atoms with Crippen LogP contribution in [-0.2, 0) is 9.59 Å². The highest BCUT2D eigenvalue weighted by molar-refractivity contribution is 5.84. The van der Waals surface area contributed by atoms with E-state index >= 15 is 0 Å². The summed E-state index contributed by atoms with van der Waals surface area (Å²) in [6, 6.07) is 17.4. The number of nitrogens with one attached hydrogen (secondary N) is 2. The Morgan fingerprint density at radius 1 is 0.920 bits per heavy atom. The van der Waals surface area contributed by atoms with Crippen molar-refractivity contribution in [2.75, 3.05) is 6.61 Å². The van der Waals surface area contributed by atoms with E-state index in [1.165, 1.54) is 0 Å². The number of ether oxygens (including phenoxy) is 1. The summed E-state index contributed by atoms with van der Waals surface area (Å²) in [7, 11) is 0. The number of benzene rings is 2. The molecule has 0 spiro atoms. The Bertz CT molecular complexity index is 697. The first-order valence-electron chi connectivity index (χ1n) is 8.51. The standard InChI is InChI=1S/C20H24N2O3/c1-3-15(4-2)20(24)22-21-19(23)14-25-18-13-9-8-12-17(18)16-10-6-5-7-11-16/h5-13,15H,3-4,14H2,1-2H3,(H,21,23)(H,22,24). The maximum absolute atomic E-state index is 11.9. The molecule has 5 nitrogen and oxygen atoms in total. The molecule has 2 rings (SSSR count). The van der Waals surface area contributed by atoms with Gasteiger partial charge in [-0.15, -0.1) is 0 Å². The van der Waals surface area contributed by atoms with Gasteiger partial charge in [-0.1, -0.05) is 62.4 Å². The molecular weight excluding hydrogens is 316 g/mol. The van der Waals surface area contributed by atoms with E-state index in [0.717, 1.165) is 24.0 Å². The molecular formula is C20H24N2O3. The summed E-state index contributed by atoms with van der Waals surface area (Å²) in [5, 5.41) is 0. The van der Waals surface area contributed by atoms with Crippen LogP contribution in [0.2, 0.25) is 0 Å². The molecule has 0 unspecified atom stereocenters. The number of carbonyl (C=O) groups is 2. The summed E-state index contributed by atoms with van der Waals surface area (Å²) in [6.45, 7) is 3.71. The van der Waals surface area contributed by atoms with E-state index in [2.05, 4.69) is 10.9 Å². The minimum absolute atomic E-state index is 0.0972. The van der Waals surface area contributed by atoms with Crippen molar-refractivity contribution in [1.29, 1.82) is 0 Å². The molecule has 0 aromatic heterocycles. The largest absolute Gasteiger partial charge is 0.483 e. The molecule has 0 heterocycles. The third kappa shape index (κ3) is 5.35. The number of para-hydroxylation sites is 1. The van der Waals surface area contributed by atoms with Gasteiger partial charge < -0.3 is 4.74 Å². The number of rotatable bonds is 7. The van der Waals surface area contributed by atoms with Crippen molar-refractivity contribution in [2.24, 2.45) is 5.92 Å². The number of carbonyl (C=O) groups excluding carboxylic acids is 2. The predicted molar refractivity (Wildman–Crippen MR) is 97.7 cm³/mol. The van der Waals surface area contributed by atoms with Crippen LogP contribution in [0.15, 0.2) is 54.6 Å². The van der Waals surface area contributed by atoms with Crippen molar-refractivity contribution in [3.8, 4) is 16.9 Å². The molecule has 132 valence electrons. The Labute approximate surface area is 148 Å². The van der Waals surface area contributed by atoms with Gasteiger partial charge >= 0.3 is 0 Å². The van der Waals surface area contributed by atoms with Crippen LogP contribution < -0.4 is 15.6 Å². The van der Waals surface area contributed by atoms with Gasteiger partial charge in [-0.25, -0.2) is 0 Å². The molecule has 2 aromatic rings. The van der Waals surface area contributed by atoms with Crippen LogP contribution in [0.1, 0.15) is 26.7 Å². The van der Waals surface area contributed by atoms with Crippen molar-refractivity contribution in [1.82, 2.24) is 10.9 Å². The van der Waals surface area contributed by atoms with Gasteiger partial charge in [0.15, 0.2) is 6.61 Å². The van der Waals surface area contributed by atoms with Crippen molar-refractivity contribution < 1.29 is 14.3 Å². The van der Waals surface area contributed by atoms with E-state index in [9.17, 15) is 9.59 Å². The molecule has 5 heteroatoms. The third-order valence-electron chi connectivity index (χ3n) is 4.01. The van der Waals surface area contributed by atoms with E-state index in [4.69, 9.17) is 4.74 Å². The number of hydrogen-bond acceptors (Lipinski definition) is 3. The first-order valence-corrected chi connectivity index (χ1v) is 8.51. The summed E-state index contributed by atoms with van der Waals surface area (Å²) < 4.78 is 5.64. The SMILES string of the molecule is CCC(CC)C(=O)NNC(=O)COc1ccccc1-c1ccccc1. The van der Waals surface area contributed by atoms with Gasteiger partial charge in [0.25, 0.3) is 5.91 Å². The van der Waals surface area contributed by atoms with Gasteiger partial charge in [-0.05, 0) is 24.5 Å². The monoisotopic (exact) mass is 340 g/mol. The van der Waals surface area contributed by atoms with Gasteiger partial charge in [-0.3, -0.25) is 20.4 Å². The second-order valence-corrected chi connectivity index (χ2v) is 5.70. The number of amides is 2. The molecule has 2 amide bonds. The molecule has 0 bridgehead atoms. The fraction of sp³-hybridized carbons (Fsp3) is 0.300. The van der Waals surface area contributed by atoms with Crippen molar-refractivity contribution in [3.05, 3.63) is 54.6 Å². The van der Waals surface area contributed by atoms with Gasteiger partial charge in [0.2, 0.25) is 5.91 Å². The molecule has 0 atom stereocenters. The molecule has 0 aliphatic carbocycles. The molecule has 0 aliphatic heterocycles. The fourth-order valence-electron chi connectivity index (χ4n) is 2.52. The Morgan fingerprint density at radius 2 is 1.56 bits per heavy atom. The molecule has 0 fully saturated rings. The molecule has 0 radical (unpaired) electrons. The summed E-state index contributed by atoms with van der Waals surface area (Å²) in [6.07, 6.45) is 1.47. The summed E-state index contributed by atoms with van der Waals surface area (Å²) in [5.74, 6) is -0.0552. The summed E-state index contributed by atoms with van der Waals surface area (Å²) >= 11 is 0. The van der Waals surface area contributed by atoms with Gasteiger partial charge in [0, 0.05) is 11.5 Å². The quantitative estimate of drug-likeness (QED) is 0.760. The highest BCUT2D eigenvalue weighted by atomic mass is 16.5. The summed E-state index contributed by atoms with van der Waals surface area (Å²) in [4.78, 5) is 23.8. The average molecular weight is 340 g/mol. The maximum atomic E-state index is 11.9. The lowest BCUT2D eigenvalue weighted by Gasteiger charge is -2.14. The maximum Gasteiger partial charge on any atom is 0.276 e. The number of hydrazine groups is 1. The summed E-state index contributed by atoms with van der Waals surface area (Å²) in [5.41, 5.74) is 6.77. The minimum Gasteiger partial charge on any atom is -0.483 e. The predicted octanol–water partition coefficient (Wildman–Crippen LogP) is 3.32. The Morgan fingerprint density at radius 3 is 2.24 bits per heavy atom. The van der Waals surface area contributed by atoms with Crippen LogP contribution in [-0.4, -0.2) is 18.4 Å².